The highest BCUT2D eigenvalue weighted by Gasteiger charge is 2.29. The number of primary amides is 1. The SMILES string of the molecule is CC(C)(C)[C@H]1CCc2nc3cc(C(N)=O)[nH]c3cc2C1. The smallest absolute Gasteiger partial charge is 0.265 e. The van der Waals surface area contributed by atoms with Crippen LogP contribution < -0.4 is 5.73 Å². The lowest BCUT2D eigenvalue weighted by molar-refractivity contribution is 0.0996. The minimum absolute atomic E-state index is 0.320. The maximum Gasteiger partial charge on any atom is 0.265 e. The fourth-order valence-electron chi connectivity index (χ4n) is 3.08. The molecule has 0 saturated heterocycles. The number of nitrogens with zero attached hydrogens (tertiary/aromatic N) is 1. The zero-order valence-corrected chi connectivity index (χ0v) is 12.3. The van der Waals surface area contributed by atoms with Crippen LogP contribution in [0.25, 0.3) is 11.0 Å². The van der Waals surface area contributed by atoms with Crippen LogP contribution in [-0.4, -0.2) is 15.9 Å². The Kier molecular flexibility index (Phi) is 2.85. The van der Waals surface area contributed by atoms with E-state index < -0.39 is 5.91 Å². The van der Waals surface area contributed by atoms with Crippen molar-refractivity contribution in [3.8, 4) is 0 Å². The summed E-state index contributed by atoms with van der Waals surface area (Å²) in [4.78, 5) is 19.0. The van der Waals surface area contributed by atoms with Crippen LogP contribution in [-0.2, 0) is 12.8 Å². The van der Waals surface area contributed by atoms with Gasteiger partial charge >= 0.3 is 0 Å². The maximum atomic E-state index is 11.2. The number of hydrogen-bond donors (Lipinski definition) is 2. The highest BCUT2D eigenvalue weighted by atomic mass is 16.1. The highest BCUT2D eigenvalue weighted by molar-refractivity contribution is 5.96. The summed E-state index contributed by atoms with van der Waals surface area (Å²) in [6.07, 6.45) is 3.26. The molecule has 2 heterocycles. The highest BCUT2D eigenvalue weighted by Crippen LogP contribution is 2.37. The molecular weight excluding hydrogens is 250 g/mol. The van der Waals surface area contributed by atoms with Crippen molar-refractivity contribution in [2.45, 2.75) is 40.0 Å². The molecule has 1 aliphatic rings. The Hall–Kier alpha value is -1.84. The predicted molar refractivity (Wildman–Crippen MR) is 79.6 cm³/mol. The summed E-state index contributed by atoms with van der Waals surface area (Å²) in [5.41, 5.74) is 10.3. The Morgan fingerprint density at radius 1 is 1.40 bits per heavy atom. The number of carbonyl (C=O) groups is 1. The van der Waals surface area contributed by atoms with Gasteiger partial charge in [-0.3, -0.25) is 9.78 Å². The van der Waals surface area contributed by atoms with Crippen molar-refractivity contribution in [1.29, 1.82) is 0 Å². The van der Waals surface area contributed by atoms with Crippen molar-refractivity contribution in [2.75, 3.05) is 0 Å². The standard InChI is InChI=1S/C16H21N3O/c1-16(2,3)10-4-5-11-9(6-10)7-12-13(18-11)8-14(19-12)15(17)20/h7-8,10,19H,4-6H2,1-3H3,(H2,17,20)/t10-/m0/s1. The number of pyridine rings is 1. The quantitative estimate of drug-likeness (QED) is 0.837. The summed E-state index contributed by atoms with van der Waals surface area (Å²) in [6.45, 7) is 6.90. The van der Waals surface area contributed by atoms with Crippen LogP contribution in [0.1, 0.15) is 48.9 Å². The van der Waals surface area contributed by atoms with Gasteiger partial charge in [0.1, 0.15) is 5.69 Å². The number of aromatic amines is 1. The van der Waals surface area contributed by atoms with E-state index in [0.717, 1.165) is 23.9 Å². The van der Waals surface area contributed by atoms with Gasteiger partial charge in [-0.25, -0.2) is 0 Å². The second kappa shape index (κ2) is 4.33. The van der Waals surface area contributed by atoms with E-state index in [1.807, 2.05) is 0 Å². The van der Waals surface area contributed by atoms with Gasteiger partial charge in [0.2, 0.25) is 0 Å². The predicted octanol–water partition coefficient (Wildman–Crippen LogP) is 2.81. The van der Waals surface area contributed by atoms with Gasteiger partial charge in [-0.15, -0.1) is 0 Å². The van der Waals surface area contributed by atoms with Gasteiger partial charge in [0.25, 0.3) is 5.91 Å². The molecule has 0 bridgehead atoms. The lowest BCUT2D eigenvalue weighted by atomic mass is 9.71. The van der Waals surface area contributed by atoms with Gasteiger partial charge in [-0.1, -0.05) is 20.8 Å². The summed E-state index contributed by atoms with van der Waals surface area (Å²) in [5, 5.41) is 0. The minimum Gasteiger partial charge on any atom is -0.364 e. The molecule has 1 atom stereocenters. The fraction of sp³-hybridized carbons (Fsp3) is 0.500. The van der Waals surface area contributed by atoms with Crippen molar-refractivity contribution in [3.63, 3.8) is 0 Å². The van der Waals surface area contributed by atoms with Crippen molar-refractivity contribution in [3.05, 3.63) is 29.1 Å². The topological polar surface area (TPSA) is 71.8 Å². The molecule has 2 aromatic heterocycles. The summed E-state index contributed by atoms with van der Waals surface area (Å²) >= 11 is 0. The number of nitrogens with one attached hydrogen (secondary N) is 1. The lowest BCUT2D eigenvalue weighted by Crippen LogP contribution is -2.27. The third-order valence-electron chi connectivity index (χ3n) is 4.46. The van der Waals surface area contributed by atoms with E-state index >= 15 is 0 Å². The first-order valence-electron chi connectivity index (χ1n) is 7.16. The number of rotatable bonds is 1. The summed E-state index contributed by atoms with van der Waals surface area (Å²) in [7, 11) is 0. The molecule has 4 heteroatoms. The normalized spacial score (nSPS) is 19.1. The van der Waals surface area contributed by atoms with Crippen molar-refractivity contribution in [2.24, 2.45) is 17.1 Å². The van der Waals surface area contributed by atoms with E-state index in [1.54, 1.807) is 6.07 Å². The van der Waals surface area contributed by atoms with Gasteiger partial charge in [-0.2, -0.15) is 0 Å². The number of aryl methyl sites for hydroxylation is 1. The Labute approximate surface area is 118 Å². The Morgan fingerprint density at radius 2 is 2.15 bits per heavy atom. The Bertz CT molecular complexity index is 679. The molecule has 3 rings (SSSR count). The van der Waals surface area contributed by atoms with Gasteiger partial charge in [0.05, 0.1) is 11.0 Å². The molecule has 0 saturated carbocycles. The van der Waals surface area contributed by atoms with Crippen molar-refractivity contribution < 1.29 is 4.79 Å². The minimum atomic E-state index is -0.437. The average molecular weight is 271 g/mol. The molecule has 0 aliphatic heterocycles. The largest absolute Gasteiger partial charge is 0.364 e. The van der Waals surface area contributed by atoms with E-state index in [-0.39, 0.29) is 0 Å². The molecular formula is C16H21N3O. The van der Waals surface area contributed by atoms with Gasteiger partial charge in [-0.05, 0) is 48.3 Å². The van der Waals surface area contributed by atoms with E-state index in [0.29, 0.717) is 17.0 Å². The molecule has 106 valence electrons. The average Bonchev–Trinajstić information content (AvgIpc) is 2.77. The molecule has 0 spiro atoms. The Morgan fingerprint density at radius 3 is 2.80 bits per heavy atom. The molecule has 1 amide bonds. The fourth-order valence-corrected chi connectivity index (χ4v) is 3.08. The number of carbonyl (C=O) groups excluding carboxylic acids is 1. The van der Waals surface area contributed by atoms with Crippen LogP contribution in [0.4, 0.5) is 0 Å². The van der Waals surface area contributed by atoms with Gasteiger partial charge < -0.3 is 10.7 Å². The number of hydrogen-bond acceptors (Lipinski definition) is 2. The van der Waals surface area contributed by atoms with Crippen LogP contribution in [0, 0.1) is 11.3 Å². The third kappa shape index (κ3) is 2.19. The van der Waals surface area contributed by atoms with Crippen LogP contribution in [0.5, 0.6) is 0 Å². The first-order valence-corrected chi connectivity index (χ1v) is 7.16. The second-order valence-electron chi connectivity index (χ2n) is 6.88. The van der Waals surface area contributed by atoms with Crippen LogP contribution >= 0.6 is 0 Å². The summed E-state index contributed by atoms with van der Waals surface area (Å²) in [6, 6.07) is 3.88. The van der Waals surface area contributed by atoms with Crippen LogP contribution in [0.15, 0.2) is 12.1 Å². The zero-order valence-electron chi connectivity index (χ0n) is 12.3. The molecule has 20 heavy (non-hydrogen) atoms. The first-order chi connectivity index (χ1) is 9.34. The zero-order chi connectivity index (χ0) is 14.5. The molecule has 0 aromatic carbocycles. The molecule has 0 fully saturated rings. The monoisotopic (exact) mass is 271 g/mol. The van der Waals surface area contributed by atoms with Crippen molar-refractivity contribution >= 4 is 16.9 Å². The molecule has 3 N–H and O–H groups in total. The molecule has 2 aromatic rings. The molecule has 4 nitrogen and oxygen atoms in total. The van der Waals surface area contributed by atoms with Crippen LogP contribution in [0.2, 0.25) is 0 Å². The van der Waals surface area contributed by atoms with Crippen LogP contribution in [0.3, 0.4) is 0 Å². The van der Waals surface area contributed by atoms with E-state index in [1.165, 1.54) is 17.7 Å². The number of H-pyrrole nitrogens is 1. The lowest BCUT2D eigenvalue weighted by Gasteiger charge is -2.34. The second-order valence-corrected chi connectivity index (χ2v) is 6.88. The number of fused-ring (bicyclic) bond motifs is 2. The number of aromatic nitrogens is 2. The van der Waals surface area contributed by atoms with Gasteiger partial charge in [0.15, 0.2) is 0 Å². The molecule has 0 radical (unpaired) electrons. The van der Waals surface area contributed by atoms with E-state index in [4.69, 9.17) is 10.7 Å². The van der Waals surface area contributed by atoms with E-state index in [9.17, 15) is 4.79 Å². The number of amides is 1. The van der Waals surface area contributed by atoms with Crippen molar-refractivity contribution in [1.82, 2.24) is 9.97 Å². The molecule has 0 unspecified atom stereocenters. The third-order valence-corrected chi connectivity index (χ3v) is 4.46. The Balaban J connectivity index is 2.02. The van der Waals surface area contributed by atoms with E-state index in [2.05, 4.69) is 31.8 Å². The van der Waals surface area contributed by atoms with Gasteiger partial charge in [0, 0.05) is 5.69 Å². The maximum absolute atomic E-state index is 11.2. The summed E-state index contributed by atoms with van der Waals surface area (Å²) in [5.74, 6) is 0.244. The number of nitrogens with two attached hydrogens (primary N) is 1. The summed E-state index contributed by atoms with van der Waals surface area (Å²) < 4.78 is 0. The molecule has 1 aliphatic carbocycles. The first kappa shape index (κ1) is 13.2.